The number of nitrogens with one attached hydrogen (secondary N) is 3. The topological polar surface area (TPSA) is 62.4 Å². The average molecular weight is 229 g/mol. The third kappa shape index (κ3) is 5.44. The first kappa shape index (κ1) is 13.4. The van der Waals surface area contributed by atoms with Gasteiger partial charge in [0, 0.05) is 39.4 Å². The summed E-state index contributed by atoms with van der Waals surface area (Å²) in [5.74, 6) is 0.0858. The molecule has 0 aromatic heterocycles. The molecule has 3 N–H and O–H groups in total. The summed E-state index contributed by atoms with van der Waals surface area (Å²) in [5.41, 5.74) is 0. The van der Waals surface area contributed by atoms with Crippen molar-refractivity contribution in [3.8, 4) is 0 Å². The van der Waals surface area contributed by atoms with E-state index in [1.54, 1.807) is 0 Å². The Kier molecular flexibility index (Phi) is 7.12. The first-order chi connectivity index (χ1) is 7.84. The molecule has 0 bridgehead atoms. The fourth-order valence-corrected chi connectivity index (χ4v) is 1.59. The molecule has 5 heteroatoms. The molecule has 0 aromatic rings. The maximum atomic E-state index is 11.6. The van der Waals surface area contributed by atoms with Crippen LogP contribution in [-0.2, 0) is 9.53 Å². The number of amides is 1. The molecule has 16 heavy (non-hydrogen) atoms. The van der Waals surface area contributed by atoms with Crippen LogP contribution in [0.1, 0.15) is 19.8 Å². The van der Waals surface area contributed by atoms with Crippen molar-refractivity contribution in [1.82, 2.24) is 16.0 Å². The van der Waals surface area contributed by atoms with Crippen molar-refractivity contribution in [1.29, 1.82) is 0 Å². The van der Waals surface area contributed by atoms with Gasteiger partial charge in [0.1, 0.15) is 0 Å². The normalized spacial score (nSPS) is 20.7. The number of hydrogen-bond acceptors (Lipinski definition) is 4. The lowest BCUT2D eigenvalue weighted by atomic mass is 10.2. The van der Waals surface area contributed by atoms with Gasteiger partial charge in [-0.1, -0.05) is 6.92 Å². The molecular weight excluding hydrogens is 206 g/mol. The SMILES string of the molecule is CCCOCCCNC(=O)C1CNCCN1. The van der Waals surface area contributed by atoms with Crippen LogP contribution in [0.2, 0.25) is 0 Å². The molecule has 1 aliphatic rings. The first-order valence-electron chi connectivity index (χ1n) is 6.14. The van der Waals surface area contributed by atoms with Crippen LogP contribution in [0.25, 0.3) is 0 Å². The molecule has 0 radical (unpaired) electrons. The second-order valence-electron chi connectivity index (χ2n) is 3.97. The van der Waals surface area contributed by atoms with Crippen molar-refractivity contribution in [2.45, 2.75) is 25.8 Å². The monoisotopic (exact) mass is 229 g/mol. The Hall–Kier alpha value is -0.650. The molecule has 1 rings (SSSR count). The van der Waals surface area contributed by atoms with E-state index >= 15 is 0 Å². The quantitative estimate of drug-likeness (QED) is 0.514. The summed E-state index contributed by atoms with van der Waals surface area (Å²) in [5, 5.41) is 9.27. The van der Waals surface area contributed by atoms with E-state index in [1.807, 2.05) is 0 Å². The van der Waals surface area contributed by atoms with E-state index in [-0.39, 0.29) is 11.9 Å². The van der Waals surface area contributed by atoms with E-state index < -0.39 is 0 Å². The standard InChI is InChI=1S/C11H23N3O2/c1-2-7-16-8-3-4-14-11(15)10-9-12-5-6-13-10/h10,12-13H,2-9H2,1H3,(H,14,15). The lowest BCUT2D eigenvalue weighted by molar-refractivity contribution is -0.123. The van der Waals surface area contributed by atoms with E-state index in [4.69, 9.17) is 4.74 Å². The summed E-state index contributed by atoms with van der Waals surface area (Å²) in [6.45, 7) is 6.83. The molecule has 0 aliphatic carbocycles. The van der Waals surface area contributed by atoms with Gasteiger partial charge < -0.3 is 20.7 Å². The second kappa shape index (κ2) is 8.50. The van der Waals surface area contributed by atoms with Gasteiger partial charge in [0.05, 0.1) is 6.04 Å². The zero-order chi connectivity index (χ0) is 11.6. The van der Waals surface area contributed by atoms with E-state index in [2.05, 4.69) is 22.9 Å². The van der Waals surface area contributed by atoms with Crippen LogP contribution in [0, 0.1) is 0 Å². The number of carbonyl (C=O) groups is 1. The summed E-state index contributed by atoms with van der Waals surface area (Å²) >= 11 is 0. The van der Waals surface area contributed by atoms with E-state index in [0.29, 0.717) is 6.54 Å². The van der Waals surface area contributed by atoms with Crippen LogP contribution in [0.4, 0.5) is 0 Å². The highest BCUT2D eigenvalue weighted by molar-refractivity contribution is 5.82. The molecular formula is C11H23N3O2. The summed E-state index contributed by atoms with van der Waals surface area (Å²) < 4.78 is 5.33. The third-order valence-corrected chi connectivity index (χ3v) is 2.47. The number of carbonyl (C=O) groups excluding carboxylic acids is 1. The Balaban J connectivity index is 1.97. The molecule has 1 amide bonds. The lowest BCUT2D eigenvalue weighted by Gasteiger charge is -2.23. The predicted molar refractivity (Wildman–Crippen MR) is 63.4 cm³/mol. The summed E-state index contributed by atoms with van der Waals surface area (Å²) in [6.07, 6.45) is 1.93. The molecule has 1 heterocycles. The number of piperazine rings is 1. The van der Waals surface area contributed by atoms with Gasteiger partial charge in [-0.3, -0.25) is 4.79 Å². The summed E-state index contributed by atoms with van der Waals surface area (Å²) in [6, 6.07) is -0.0784. The van der Waals surface area contributed by atoms with Crippen molar-refractivity contribution >= 4 is 5.91 Å². The first-order valence-corrected chi connectivity index (χ1v) is 6.14. The smallest absolute Gasteiger partial charge is 0.238 e. The molecule has 5 nitrogen and oxygen atoms in total. The maximum absolute atomic E-state index is 11.6. The van der Waals surface area contributed by atoms with Gasteiger partial charge in [-0.15, -0.1) is 0 Å². The van der Waals surface area contributed by atoms with Crippen LogP contribution < -0.4 is 16.0 Å². The van der Waals surface area contributed by atoms with Crippen LogP contribution in [0.5, 0.6) is 0 Å². The van der Waals surface area contributed by atoms with Crippen molar-refractivity contribution in [2.75, 3.05) is 39.4 Å². The average Bonchev–Trinajstić information content (AvgIpc) is 2.34. The third-order valence-electron chi connectivity index (χ3n) is 2.47. The molecule has 1 atom stereocenters. The summed E-state index contributed by atoms with van der Waals surface area (Å²) in [7, 11) is 0. The second-order valence-corrected chi connectivity index (χ2v) is 3.97. The highest BCUT2D eigenvalue weighted by Gasteiger charge is 2.19. The number of hydrogen-bond donors (Lipinski definition) is 3. The summed E-state index contributed by atoms with van der Waals surface area (Å²) in [4.78, 5) is 11.6. The molecule has 94 valence electrons. The largest absolute Gasteiger partial charge is 0.381 e. The maximum Gasteiger partial charge on any atom is 0.238 e. The Morgan fingerprint density at radius 1 is 1.44 bits per heavy atom. The van der Waals surface area contributed by atoms with E-state index in [1.165, 1.54) is 0 Å². The minimum Gasteiger partial charge on any atom is -0.381 e. The van der Waals surface area contributed by atoms with Crippen LogP contribution in [0.3, 0.4) is 0 Å². The minimum atomic E-state index is -0.0784. The van der Waals surface area contributed by atoms with Gasteiger partial charge in [0.2, 0.25) is 5.91 Å². The molecule has 0 aromatic carbocycles. The lowest BCUT2D eigenvalue weighted by Crippen LogP contribution is -2.55. The van der Waals surface area contributed by atoms with Crippen molar-refractivity contribution in [3.05, 3.63) is 0 Å². The minimum absolute atomic E-state index is 0.0784. The molecule has 0 saturated carbocycles. The van der Waals surface area contributed by atoms with E-state index in [9.17, 15) is 4.79 Å². The molecule has 1 fully saturated rings. The van der Waals surface area contributed by atoms with Gasteiger partial charge in [-0.25, -0.2) is 0 Å². The van der Waals surface area contributed by atoms with Gasteiger partial charge in [0.15, 0.2) is 0 Å². The van der Waals surface area contributed by atoms with Crippen LogP contribution >= 0.6 is 0 Å². The Bertz CT molecular complexity index is 194. The molecule has 1 unspecified atom stereocenters. The van der Waals surface area contributed by atoms with E-state index in [0.717, 1.165) is 45.7 Å². The zero-order valence-corrected chi connectivity index (χ0v) is 10.1. The Morgan fingerprint density at radius 3 is 3.00 bits per heavy atom. The number of ether oxygens (including phenoxy) is 1. The fraction of sp³-hybridized carbons (Fsp3) is 0.909. The van der Waals surface area contributed by atoms with Gasteiger partial charge in [-0.2, -0.15) is 0 Å². The van der Waals surface area contributed by atoms with Crippen molar-refractivity contribution in [2.24, 2.45) is 0 Å². The fourth-order valence-electron chi connectivity index (χ4n) is 1.59. The van der Waals surface area contributed by atoms with Crippen LogP contribution in [0.15, 0.2) is 0 Å². The molecule has 1 aliphatic heterocycles. The number of rotatable bonds is 7. The van der Waals surface area contributed by atoms with Gasteiger partial charge in [-0.05, 0) is 12.8 Å². The van der Waals surface area contributed by atoms with Crippen molar-refractivity contribution < 1.29 is 9.53 Å². The van der Waals surface area contributed by atoms with Gasteiger partial charge in [0.25, 0.3) is 0 Å². The molecule has 1 saturated heterocycles. The van der Waals surface area contributed by atoms with Gasteiger partial charge >= 0.3 is 0 Å². The predicted octanol–water partition coefficient (Wildman–Crippen LogP) is -0.519. The highest BCUT2D eigenvalue weighted by Crippen LogP contribution is 1.88. The highest BCUT2D eigenvalue weighted by atomic mass is 16.5. The molecule has 0 spiro atoms. The van der Waals surface area contributed by atoms with Crippen LogP contribution in [-0.4, -0.2) is 51.3 Å². The Morgan fingerprint density at radius 2 is 2.31 bits per heavy atom. The zero-order valence-electron chi connectivity index (χ0n) is 10.1. The van der Waals surface area contributed by atoms with Crippen molar-refractivity contribution in [3.63, 3.8) is 0 Å². The Labute approximate surface area is 97.3 Å².